The SMILES string of the molecule is CC(C)=NN.CN(C)N. The summed E-state index contributed by atoms with van der Waals surface area (Å²) in [6.07, 6.45) is 0. The number of rotatable bonds is 0. The van der Waals surface area contributed by atoms with Gasteiger partial charge in [0.05, 0.1) is 0 Å². The number of hydrogen-bond donors (Lipinski definition) is 2. The van der Waals surface area contributed by atoms with Crippen molar-refractivity contribution in [3.8, 4) is 0 Å². The van der Waals surface area contributed by atoms with Crippen molar-refractivity contribution in [1.82, 2.24) is 5.01 Å². The second kappa shape index (κ2) is 7.39. The number of hydrazone groups is 1. The van der Waals surface area contributed by atoms with Gasteiger partial charge in [-0.05, 0) is 13.8 Å². The van der Waals surface area contributed by atoms with Crippen LogP contribution in [0.5, 0.6) is 0 Å². The van der Waals surface area contributed by atoms with Gasteiger partial charge in [-0.1, -0.05) is 0 Å². The van der Waals surface area contributed by atoms with Crippen molar-refractivity contribution in [1.29, 1.82) is 0 Å². The maximum atomic E-state index is 4.94. The van der Waals surface area contributed by atoms with E-state index >= 15 is 0 Å². The summed E-state index contributed by atoms with van der Waals surface area (Å²) in [5, 5.41) is 4.81. The molecule has 0 aliphatic rings. The van der Waals surface area contributed by atoms with E-state index in [1.54, 1.807) is 14.1 Å². The van der Waals surface area contributed by atoms with E-state index in [9.17, 15) is 0 Å². The van der Waals surface area contributed by atoms with E-state index in [1.165, 1.54) is 5.01 Å². The molecule has 4 heteroatoms. The lowest BCUT2D eigenvalue weighted by molar-refractivity contribution is 0.432. The van der Waals surface area contributed by atoms with E-state index in [-0.39, 0.29) is 0 Å². The van der Waals surface area contributed by atoms with Crippen LogP contribution in [0.3, 0.4) is 0 Å². The van der Waals surface area contributed by atoms with Crippen LogP contribution in [-0.2, 0) is 0 Å². The Balaban J connectivity index is 0. The summed E-state index contributed by atoms with van der Waals surface area (Å²) in [6.45, 7) is 3.69. The molecule has 0 amide bonds. The molecule has 0 aromatic rings. The molecule has 0 spiro atoms. The van der Waals surface area contributed by atoms with Gasteiger partial charge in [0.25, 0.3) is 0 Å². The standard InChI is InChI=1S/C3H8N2.C2H8N2/c1-3(2)5-4;1-4(2)3/h4H2,1-2H3;3H2,1-2H3. The van der Waals surface area contributed by atoms with Gasteiger partial charge in [-0.25, -0.2) is 0 Å². The van der Waals surface area contributed by atoms with Gasteiger partial charge in [-0.3, -0.25) is 10.9 Å². The Labute approximate surface area is 56.5 Å². The fraction of sp³-hybridized carbons (Fsp3) is 0.800. The first-order valence-corrected chi connectivity index (χ1v) is 2.63. The van der Waals surface area contributed by atoms with Crippen molar-refractivity contribution < 1.29 is 0 Å². The highest BCUT2D eigenvalue weighted by Gasteiger charge is 1.63. The first-order chi connectivity index (χ1) is 4.00. The van der Waals surface area contributed by atoms with Gasteiger partial charge < -0.3 is 5.84 Å². The van der Waals surface area contributed by atoms with Crippen molar-refractivity contribution in [2.45, 2.75) is 13.8 Å². The molecule has 0 fully saturated rings. The summed E-state index contributed by atoms with van der Waals surface area (Å²) in [5.74, 6) is 9.70. The molecule has 4 N–H and O–H groups in total. The molecule has 0 heterocycles. The van der Waals surface area contributed by atoms with Gasteiger partial charge in [-0.2, -0.15) is 5.10 Å². The van der Waals surface area contributed by atoms with Crippen molar-refractivity contribution in [3.63, 3.8) is 0 Å². The summed E-state index contributed by atoms with van der Waals surface area (Å²) in [7, 11) is 3.56. The van der Waals surface area contributed by atoms with Gasteiger partial charge in [0.15, 0.2) is 0 Å². The summed E-state index contributed by atoms with van der Waals surface area (Å²) < 4.78 is 0. The molecule has 0 aromatic heterocycles. The second-order valence-corrected chi connectivity index (χ2v) is 2.04. The molecule has 0 aliphatic carbocycles. The lowest BCUT2D eigenvalue weighted by Crippen LogP contribution is -2.18. The third-order valence-corrected chi connectivity index (χ3v) is 0.258. The summed E-state index contributed by atoms with van der Waals surface area (Å²) >= 11 is 0. The molecule has 0 aromatic carbocycles. The minimum Gasteiger partial charge on any atom is -0.323 e. The van der Waals surface area contributed by atoms with E-state index in [2.05, 4.69) is 5.10 Å². The van der Waals surface area contributed by atoms with Gasteiger partial charge in [0.2, 0.25) is 0 Å². The van der Waals surface area contributed by atoms with Crippen LogP contribution >= 0.6 is 0 Å². The van der Waals surface area contributed by atoms with Crippen molar-refractivity contribution in [2.75, 3.05) is 14.1 Å². The number of hydrazine groups is 1. The molecule has 9 heavy (non-hydrogen) atoms. The maximum absolute atomic E-state index is 4.94. The molecule has 0 unspecified atom stereocenters. The molecular weight excluding hydrogens is 116 g/mol. The van der Waals surface area contributed by atoms with Crippen molar-refractivity contribution in [2.24, 2.45) is 16.8 Å². The molecule has 0 aliphatic heterocycles. The number of hydrogen-bond acceptors (Lipinski definition) is 4. The van der Waals surface area contributed by atoms with Gasteiger partial charge in [0, 0.05) is 19.8 Å². The monoisotopic (exact) mass is 132 g/mol. The fourth-order valence-electron chi connectivity index (χ4n) is 0. The summed E-state index contributed by atoms with van der Waals surface area (Å²) in [4.78, 5) is 0. The largest absolute Gasteiger partial charge is 0.323 e. The predicted octanol–water partition coefficient (Wildman–Crippen LogP) is -0.237. The minimum absolute atomic E-state index is 0.907. The first-order valence-electron chi connectivity index (χ1n) is 2.63. The second-order valence-electron chi connectivity index (χ2n) is 2.04. The number of nitrogens with zero attached hydrogens (tertiary/aromatic N) is 2. The highest BCUT2D eigenvalue weighted by Crippen LogP contribution is 1.59. The van der Waals surface area contributed by atoms with E-state index in [0.717, 1.165) is 5.71 Å². The van der Waals surface area contributed by atoms with E-state index in [4.69, 9.17) is 11.7 Å². The van der Waals surface area contributed by atoms with E-state index in [1.807, 2.05) is 13.8 Å². The zero-order chi connectivity index (χ0) is 7.86. The van der Waals surface area contributed by atoms with Crippen molar-refractivity contribution >= 4 is 5.71 Å². The van der Waals surface area contributed by atoms with E-state index in [0.29, 0.717) is 0 Å². The van der Waals surface area contributed by atoms with Crippen LogP contribution in [0.15, 0.2) is 5.10 Å². The lowest BCUT2D eigenvalue weighted by atomic mass is 10.5. The third kappa shape index (κ3) is 111. The molecule has 4 nitrogen and oxygen atoms in total. The molecule has 0 radical (unpaired) electrons. The Morgan fingerprint density at radius 1 is 1.33 bits per heavy atom. The molecule has 0 saturated carbocycles. The van der Waals surface area contributed by atoms with Gasteiger partial charge in [0.1, 0.15) is 0 Å². The molecule has 0 rings (SSSR count). The topological polar surface area (TPSA) is 67.6 Å². The van der Waals surface area contributed by atoms with Crippen LogP contribution in [-0.4, -0.2) is 24.8 Å². The zero-order valence-electron chi connectivity index (χ0n) is 6.55. The zero-order valence-corrected chi connectivity index (χ0v) is 6.55. The summed E-state index contributed by atoms with van der Waals surface area (Å²) in [6, 6.07) is 0. The van der Waals surface area contributed by atoms with Crippen molar-refractivity contribution in [3.05, 3.63) is 0 Å². The fourth-order valence-corrected chi connectivity index (χ4v) is 0. The van der Waals surface area contributed by atoms with Crippen LogP contribution in [0.2, 0.25) is 0 Å². The van der Waals surface area contributed by atoms with Crippen LogP contribution in [0.1, 0.15) is 13.8 Å². The van der Waals surface area contributed by atoms with Gasteiger partial charge >= 0.3 is 0 Å². The minimum atomic E-state index is 0.907. The van der Waals surface area contributed by atoms with E-state index < -0.39 is 0 Å². The number of nitrogens with two attached hydrogens (primary N) is 2. The Kier molecular flexibility index (Phi) is 9.21. The smallest absolute Gasteiger partial charge is 0.0314 e. The van der Waals surface area contributed by atoms with Gasteiger partial charge in [-0.15, -0.1) is 0 Å². The lowest BCUT2D eigenvalue weighted by Gasteiger charge is -1.91. The predicted molar refractivity (Wildman–Crippen MR) is 40.8 cm³/mol. The van der Waals surface area contributed by atoms with Crippen LogP contribution in [0.4, 0.5) is 0 Å². The Morgan fingerprint density at radius 2 is 1.44 bits per heavy atom. The quantitative estimate of drug-likeness (QED) is 0.271. The van der Waals surface area contributed by atoms with Crippen LogP contribution in [0, 0.1) is 0 Å². The normalized spacial score (nSPS) is 7.78. The molecular formula is C5H16N4. The molecule has 0 saturated heterocycles. The van der Waals surface area contributed by atoms with Crippen LogP contribution in [0.25, 0.3) is 0 Å². The Morgan fingerprint density at radius 3 is 1.44 bits per heavy atom. The average Bonchev–Trinajstić information content (AvgIpc) is 1.65. The summed E-state index contributed by atoms with van der Waals surface area (Å²) in [5.41, 5.74) is 0.907. The highest BCUT2D eigenvalue weighted by molar-refractivity contribution is 5.78. The third-order valence-electron chi connectivity index (χ3n) is 0.258. The molecule has 0 atom stereocenters. The maximum Gasteiger partial charge on any atom is 0.0314 e. The average molecular weight is 132 g/mol. The van der Waals surface area contributed by atoms with Crippen LogP contribution < -0.4 is 11.7 Å². The Hall–Kier alpha value is -0.610. The highest BCUT2D eigenvalue weighted by atomic mass is 15.4. The molecule has 0 bridgehead atoms. The Bertz CT molecular complexity index is 70.3. The first kappa shape index (κ1) is 11.2. The molecule has 56 valence electrons.